The average Bonchev–Trinajstić information content (AvgIpc) is 2.22. The van der Waals surface area contributed by atoms with Crippen molar-refractivity contribution >= 4 is 11.6 Å². The molecule has 92 valence electrons. The van der Waals surface area contributed by atoms with Gasteiger partial charge in [0.05, 0.1) is 17.6 Å². The van der Waals surface area contributed by atoms with E-state index < -0.39 is 28.2 Å². The highest BCUT2D eigenvalue weighted by molar-refractivity contribution is 6.30. The van der Waals surface area contributed by atoms with Gasteiger partial charge in [0.2, 0.25) is 0 Å². The van der Waals surface area contributed by atoms with Crippen LogP contribution in [0.15, 0.2) is 17.1 Å². The minimum Gasteiger partial charge on any atom is -0.312 e. The molecule has 0 bridgehead atoms. The van der Waals surface area contributed by atoms with Gasteiger partial charge >= 0.3 is 6.18 Å². The first-order valence-corrected chi connectivity index (χ1v) is 5.00. The van der Waals surface area contributed by atoms with Crippen LogP contribution in [0.4, 0.5) is 13.2 Å². The lowest BCUT2D eigenvalue weighted by Crippen LogP contribution is -2.25. The summed E-state index contributed by atoms with van der Waals surface area (Å²) in [7, 11) is 0. The molecule has 1 rings (SSSR count). The van der Waals surface area contributed by atoms with Crippen molar-refractivity contribution in [2.45, 2.75) is 19.6 Å². The molecule has 7 heteroatoms. The van der Waals surface area contributed by atoms with Gasteiger partial charge in [-0.25, -0.2) is 0 Å². The summed E-state index contributed by atoms with van der Waals surface area (Å²) in [6.45, 7) is 1.37. The van der Waals surface area contributed by atoms with Crippen LogP contribution in [0.25, 0.3) is 0 Å². The number of hydrogen-bond acceptors (Lipinski definition) is 2. The Kier molecular flexibility index (Phi) is 3.83. The Labute approximate surface area is 100 Å². The molecule has 0 spiro atoms. The third kappa shape index (κ3) is 3.24. The lowest BCUT2D eigenvalue weighted by atomic mass is 10.2. The van der Waals surface area contributed by atoms with Crippen LogP contribution in [-0.4, -0.2) is 4.57 Å². The number of alkyl halides is 3. The highest BCUT2D eigenvalue weighted by Crippen LogP contribution is 2.29. The molecule has 1 atom stereocenters. The fourth-order valence-corrected chi connectivity index (χ4v) is 1.45. The monoisotopic (exact) mass is 264 g/mol. The number of nitriles is 1. The lowest BCUT2D eigenvalue weighted by Gasteiger charge is -2.12. The number of hydrogen-bond donors (Lipinski definition) is 0. The van der Waals surface area contributed by atoms with Gasteiger partial charge in [-0.15, -0.1) is 0 Å². The summed E-state index contributed by atoms with van der Waals surface area (Å²) in [5.74, 6) is -0.577. The SMILES string of the molecule is CC(C#N)Cn1cc(C(F)(F)F)cc(Cl)c1=O. The highest BCUT2D eigenvalue weighted by Gasteiger charge is 2.32. The molecule has 0 amide bonds. The van der Waals surface area contributed by atoms with Gasteiger partial charge in [0, 0.05) is 12.7 Å². The third-order valence-corrected chi connectivity index (χ3v) is 2.33. The van der Waals surface area contributed by atoms with E-state index in [2.05, 4.69) is 0 Å². The minimum atomic E-state index is -4.57. The molecular weight excluding hydrogens is 257 g/mol. The maximum atomic E-state index is 12.5. The molecule has 0 saturated heterocycles. The summed E-state index contributed by atoms with van der Waals surface area (Å²) in [6.07, 6.45) is -3.91. The van der Waals surface area contributed by atoms with Gasteiger partial charge in [-0.2, -0.15) is 18.4 Å². The van der Waals surface area contributed by atoms with Gasteiger partial charge in [0.1, 0.15) is 5.02 Å². The number of rotatable bonds is 2. The number of nitrogens with zero attached hydrogens (tertiary/aromatic N) is 2. The lowest BCUT2D eigenvalue weighted by molar-refractivity contribution is -0.138. The Morgan fingerprint density at radius 1 is 1.59 bits per heavy atom. The topological polar surface area (TPSA) is 45.8 Å². The molecule has 1 aromatic heterocycles. The van der Waals surface area contributed by atoms with Crippen LogP contribution < -0.4 is 5.56 Å². The van der Waals surface area contributed by atoms with Crippen molar-refractivity contribution in [1.29, 1.82) is 5.26 Å². The van der Waals surface area contributed by atoms with Crippen LogP contribution >= 0.6 is 11.6 Å². The first-order valence-electron chi connectivity index (χ1n) is 4.62. The normalized spacial score (nSPS) is 13.2. The molecule has 0 fully saturated rings. The second-order valence-corrected chi connectivity index (χ2v) is 3.97. The van der Waals surface area contributed by atoms with E-state index in [-0.39, 0.29) is 6.54 Å². The van der Waals surface area contributed by atoms with Crippen LogP contribution in [0.3, 0.4) is 0 Å². The van der Waals surface area contributed by atoms with E-state index in [1.807, 2.05) is 6.07 Å². The minimum absolute atomic E-state index is 0.126. The second-order valence-electron chi connectivity index (χ2n) is 3.56. The molecule has 0 aliphatic carbocycles. The van der Waals surface area contributed by atoms with Crippen molar-refractivity contribution in [3.63, 3.8) is 0 Å². The van der Waals surface area contributed by atoms with Crippen molar-refractivity contribution < 1.29 is 13.2 Å². The van der Waals surface area contributed by atoms with E-state index in [1.54, 1.807) is 0 Å². The van der Waals surface area contributed by atoms with Gasteiger partial charge in [0.25, 0.3) is 5.56 Å². The molecule has 1 heterocycles. The standard InChI is InChI=1S/C10H8ClF3N2O/c1-6(3-15)4-16-5-7(10(12,13)14)2-8(11)9(16)17/h2,5-6H,4H2,1H3. The summed E-state index contributed by atoms with van der Waals surface area (Å²) in [5.41, 5.74) is -1.74. The molecule has 1 unspecified atom stereocenters. The Morgan fingerprint density at radius 3 is 2.65 bits per heavy atom. The second kappa shape index (κ2) is 4.80. The van der Waals surface area contributed by atoms with Gasteiger partial charge in [0.15, 0.2) is 0 Å². The zero-order chi connectivity index (χ0) is 13.2. The van der Waals surface area contributed by atoms with E-state index in [1.165, 1.54) is 6.92 Å². The summed E-state index contributed by atoms with van der Waals surface area (Å²) in [5, 5.41) is 8.06. The molecular formula is C10H8ClF3N2O. The van der Waals surface area contributed by atoms with E-state index in [4.69, 9.17) is 16.9 Å². The predicted octanol–water partition coefficient (Wildman–Crippen LogP) is 2.68. The van der Waals surface area contributed by atoms with Gasteiger partial charge < -0.3 is 4.57 Å². The first kappa shape index (κ1) is 13.6. The Balaban J connectivity index is 3.27. The first-order chi connectivity index (χ1) is 7.75. The molecule has 0 N–H and O–H groups in total. The summed E-state index contributed by atoms with van der Waals surface area (Å²) in [4.78, 5) is 11.5. The van der Waals surface area contributed by atoms with Crippen LogP contribution in [0, 0.1) is 17.2 Å². The van der Waals surface area contributed by atoms with Crippen LogP contribution in [0.5, 0.6) is 0 Å². The maximum Gasteiger partial charge on any atom is 0.417 e. The number of halogens is 4. The number of pyridine rings is 1. The van der Waals surface area contributed by atoms with Gasteiger partial charge in [-0.3, -0.25) is 4.79 Å². The Hall–Kier alpha value is -1.48. The molecule has 0 aliphatic rings. The number of aromatic nitrogens is 1. The van der Waals surface area contributed by atoms with Crippen molar-refractivity contribution in [3.05, 3.63) is 33.2 Å². The zero-order valence-electron chi connectivity index (χ0n) is 8.75. The third-order valence-electron chi connectivity index (χ3n) is 2.06. The summed E-state index contributed by atoms with van der Waals surface area (Å²) in [6, 6.07) is 2.42. The van der Waals surface area contributed by atoms with Crippen molar-refractivity contribution in [2.24, 2.45) is 5.92 Å². The van der Waals surface area contributed by atoms with Crippen molar-refractivity contribution in [1.82, 2.24) is 4.57 Å². The molecule has 0 saturated carbocycles. The van der Waals surface area contributed by atoms with Crippen LogP contribution in [0.1, 0.15) is 12.5 Å². The molecule has 1 aromatic rings. The Morgan fingerprint density at radius 2 is 2.18 bits per heavy atom. The van der Waals surface area contributed by atoms with Crippen LogP contribution in [0.2, 0.25) is 5.02 Å². The van der Waals surface area contributed by atoms with Crippen molar-refractivity contribution in [2.75, 3.05) is 0 Å². The zero-order valence-corrected chi connectivity index (χ0v) is 9.51. The fourth-order valence-electron chi connectivity index (χ4n) is 1.23. The predicted molar refractivity (Wildman–Crippen MR) is 55.5 cm³/mol. The summed E-state index contributed by atoms with van der Waals surface area (Å²) >= 11 is 5.44. The van der Waals surface area contributed by atoms with Crippen LogP contribution in [-0.2, 0) is 12.7 Å². The highest BCUT2D eigenvalue weighted by atomic mass is 35.5. The molecule has 0 radical (unpaired) electrons. The molecule has 17 heavy (non-hydrogen) atoms. The molecule has 3 nitrogen and oxygen atoms in total. The summed E-state index contributed by atoms with van der Waals surface area (Å²) < 4.78 is 38.2. The quantitative estimate of drug-likeness (QED) is 0.824. The molecule has 0 aliphatic heterocycles. The van der Waals surface area contributed by atoms with E-state index in [9.17, 15) is 18.0 Å². The van der Waals surface area contributed by atoms with Gasteiger partial charge in [-0.1, -0.05) is 11.6 Å². The van der Waals surface area contributed by atoms with E-state index >= 15 is 0 Å². The largest absolute Gasteiger partial charge is 0.417 e. The fraction of sp³-hybridized carbons (Fsp3) is 0.400. The maximum absolute atomic E-state index is 12.5. The Bertz CT molecular complexity index is 516. The average molecular weight is 265 g/mol. The molecule has 0 aromatic carbocycles. The smallest absolute Gasteiger partial charge is 0.312 e. The van der Waals surface area contributed by atoms with E-state index in [0.29, 0.717) is 12.3 Å². The van der Waals surface area contributed by atoms with Crippen molar-refractivity contribution in [3.8, 4) is 6.07 Å². The van der Waals surface area contributed by atoms with E-state index in [0.717, 1.165) is 4.57 Å². The van der Waals surface area contributed by atoms with Gasteiger partial charge in [-0.05, 0) is 13.0 Å².